The molecule has 0 spiro atoms. The van der Waals surface area contributed by atoms with E-state index in [1.54, 1.807) is 32.9 Å². The van der Waals surface area contributed by atoms with Crippen LogP contribution < -0.4 is 5.32 Å². The summed E-state index contributed by atoms with van der Waals surface area (Å²) in [4.78, 5) is 27.7. The molecule has 30 heavy (non-hydrogen) atoms. The molecule has 3 rings (SSSR count). The van der Waals surface area contributed by atoms with Crippen molar-refractivity contribution in [2.24, 2.45) is 0 Å². The number of aromatic amines is 1. The number of benzene rings is 1. The monoisotopic (exact) mass is 448 g/mol. The van der Waals surface area contributed by atoms with Crippen molar-refractivity contribution >= 4 is 40.0 Å². The minimum atomic E-state index is -0.434. The number of H-pyrrole nitrogens is 1. The molecule has 10 heteroatoms. The number of thioether (sulfide) groups is 1. The summed E-state index contributed by atoms with van der Waals surface area (Å²) in [5.74, 6) is -0.682. The van der Waals surface area contributed by atoms with Gasteiger partial charge in [0.15, 0.2) is 10.1 Å². The van der Waals surface area contributed by atoms with Crippen LogP contribution in [0.25, 0.3) is 0 Å². The van der Waals surface area contributed by atoms with Gasteiger partial charge in [0.25, 0.3) is 0 Å². The third kappa shape index (κ3) is 5.25. The summed E-state index contributed by atoms with van der Waals surface area (Å²) < 4.78 is 18.7. The lowest BCUT2D eigenvalue weighted by atomic mass is 10.1. The van der Waals surface area contributed by atoms with Gasteiger partial charge in [-0.15, -0.1) is 10.2 Å². The topological polar surface area (TPSA) is 97.0 Å². The number of ketones is 1. The van der Waals surface area contributed by atoms with Gasteiger partial charge in [-0.2, -0.15) is 0 Å². The molecule has 0 saturated carbocycles. The van der Waals surface area contributed by atoms with Crippen molar-refractivity contribution < 1.29 is 18.7 Å². The number of hydrogen-bond donors (Lipinski definition) is 2. The van der Waals surface area contributed by atoms with Crippen LogP contribution in [-0.2, 0) is 11.3 Å². The fourth-order valence-corrected chi connectivity index (χ4v) is 4.48. The van der Waals surface area contributed by atoms with Crippen LogP contribution in [0.2, 0.25) is 0 Å². The lowest BCUT2D eigenvalue weighted by Gasteiger charge is -2.02. The van der Waals surface area contributed by atoms with Crippen LogP contribution >= 0.6 is 23.1 Å². The van der Waals surface area contributed by atoms with Crippen molar-refractivity contribution in [2.75, 3.05) is 17.7 Å². The summed E-state index contributed by atoms with van der Waals surface area (Å²) in [6, 6.07) is 6.20. The number of aromatic nitrogens is 3. The van der Waals surface area contributed by atoms with E-state index in [0.717, 1.165) is 5.56 Å². The Kier molecular flexibility index (Phi) is 7.22. The number of rotatable bonds is 9. The Morgan fingerprint density at radius 1 is 1.23 bits per heavy atom. The average molecular weight is 449 g/mol. The molecule has 7 nitrogen and oxygen atoms in total. The van der Waals surface area contributed by atoms with Gasteiger partial charge in [0, 0.05) is 12.2 Å². The van der Waals surface area contributed by atoms with Crippen LogP contribution in [-0.4, -0.2) is 39.3 Å². The fourth-order valence-electron chi connectivity index (χ4n) is 2.86. The number of aryl methyl sites for hydroxylation is 1. The summed E-state index contributed by atoms with van der Waals surface area (Å²) in [5.41, 5.74) is 2.94. The Balaban J connectivity index is 1.57. The van der Waals surface area contributed by atoms with Gasteiger partial charge in [-0.3, -0.25) is 4.79 Å². The van der Waals surface area contributed by atoms with E-state index in [4.69, 9.17) is 4.74 Å². The molecule has 0 saturated heterocycles. The van der Waals surface area contributed by atoms with Crippen LogP contribution in [0.5, 0.6) is 0 Å². The van der Waals surface area contributed by atoms with E-state index in [1.807, 2.05) is 0 Å². The zero-order valence-electron chi connectivity index (χ0n) is 16.7. The van der Waals surface area contributed by atoms with Crippen LogP contribution in [0, 0.1) is 19.7 Å². The lowest BCUT2D eigenvalue weighted by molar-refractivity contribution is 0.0525. The molecule has 0 aliphatic heterocycles. The Labute approximate surface area is 181 Å². The molecule has 0 fully saturated rings. The van der Waals surface area contributed by atoms with Crippen molar-refractivity contribution in [3.05, 3.63) is 58.2 Å². The second-order valence-electron chi connectivity index (χ2n) is 6.41. The maximum Gasteiger partial charge on any atom is 0.340 e. The summed E-state index contributed by atoms with van der Waals surface area (Å²) in [7, 11) is 0. The molecule has 1 aromatic carbocycles. The predicted octanol–water partition coefficient (Wildman–Crippen LogP) is 4.39. The fraction of sp³-hybridized carbons (Fsp3) is 0.300. The van der Waals surface area contributed by atoms with Gasteiger partial charge in [0.1, 0.15) is 5.82 Å². The third-order valence-electron chi connectivity index (χ3n) is 4.29. The minimum absolute atomic E-state index is 0.132. The molecule has 2 N–H and O–H groups in total. The van der Waals surface area contributed by atoms with E-state index in [1.165, 1.54) is 35.2 Å². The standard InChI is InChI=1S/C20H21FN4O3S2/c1-4-28-18(27)16-11(2)17(23-12(16)3)15(26)10-29-20-25-24-19(30-20)22-9-13-5-7-14(21)8-6-13/h5-8,23H,4,9-10H2,1-3H3,(H,22,24). The zero-order chi connectivity index (χ0) is 21.7. The highest BCUT2D eigenvalue weighted by molar-refractivity contribution is 8.01. The molecule has 0 aliphatic carbocycles. The minimum Gasteiger partial charge on any atom is -0.462 e. The molecule has 0 bridgehead atoms. The van der Waals surface area contributed by atoms with Gasteiger partial charge >= 0.3 is 5.97 Å². The van der Waals surface area contributed by atoms with Crippen LogP contribution in [0.3, 0.4) is 0 Å². The molecule has 2 aromatic heterocycles. The second-order valence-corrected chi connectivity index (χ2v) is 8.61. The normalized spacial score (nSPS) is 10.8. The Morgan fingerprint density at radius 3 is 2.67 bits per heavy atom. The van der Waals surface area contributed by atoms with Gasteiger partial charge in [0.2, 0.25) is 5.13 Å². The number of ether oxygens (including phenoxy) is 1. The number of nitrogens with one attached hydrogen (secondary N) is 2. The SMILES string of the molecule is CCOC(=O)c1c(C)[nH]c(C(=O)CSc2nnc(NCc3ccc(F)cc3)s2)c1C. The largest absolute Gasteiger partial charge is 0.462 e. The summed E-state index contributed by atoms with van der Waals surface area (Å²) in [5, 5.41) is 11.9. The first-order valence-electron chi connectivity index (χ1n) is 9.23. The molecule has 158 valence electrons. The van der Waals surface area contributed by atoms with Crippen molar-refractivity contribution in [1.29, 1.82) is 0 Å². The number of anilines is 1. The van der Waals surface area contributed by atoms with E-state index >= 15 is 0 Å². The molecule has 0 atom stereocenters. The highest BCUT2D eigenvalue weighted by Gasteiger charge is 2.23. The first-order chi connectivity index (χ1) is 14.4. The number of esters is 1. The predicted molar refractivity (Wildman–Crippen MR) is 115 cm³/mol. The first-order valence-corrected chi connectivity index (χ1v) is 11.0. The number of nitrogens with zero attached hydrogens (tertiary/aromatic N) is 2. The molecule has 0 aliphatic rings. The number of Topliss-reactive ketones (excluding diaryl/α,β-unsaturated/α-hetero) is 1. The van der Waals surface area contributed by atoms with Gasteiger partial charge < -0.3 is 15.0 Å². The van der Waals surface area contributed by atoms with Crippen molar-refractivity contribution in [3.8, 4) is 0 Å². The number of halogens is 1. The van der Waals surface area contributed by atoms with Crippen LogP contribution in [0.15, 0.2) is 28.6 Å². The number of carbonyl (C=O) groups excluding carboxylic acids is 2. The smallest absolute Gasteiger partial charge is 0.340 e. The highest BCUT2D eigenvalue weighted by atomic mass is 32.2. The van der Waals surface area contributed by atoms with Crippen molar-refractivity contribution in [2.45, 2.75) is 31.7 Å². The van der Waals surface area contributed by atoms with Crippen LogP contribution in [0.1, 0.15) is 44.6 Å². The van der Waals surface area contributed by atoms with Crippen LogP contribution in [0.4, 0.5) is 9.52 Å². The molecule has 0 radical (unpaired) electrons. The van der Waals surface area contributed by atoms with E-state index in [9.17, 15) is 14.0 Å². The van der Waals surface area contributed by atoms with Crippen molar-refractivity contribution in [1.82, 2.24) is 15.2 Å². The molecule has 2 heterocycles. The van der Waals surface area contributed by atoms with E-state index in [2.05, 4.69) is 20.5 Å². The first kappa shape index (κ1) is 22.0. The summed E-state index contributed by atoms with van der Waals surface area (Å²) in [6.45, 7) is 5.98. The second kappa shape index (κ2) is 9.86. The molecule has 0 unspecified atom stereocenters. The highest BCUT2D eigenvalue weighted by Crippen LogP contribution is 2.27. The zero-order valence-corrected chi connectivity index (χ0v) is 18.4. The van der Waals surface area contributed by atoms with E-state index < -0.39 is 5.97 Å². The summed E-state index contributed by atoms with van der Waals surface area (Å²) >= 11 is 2.62. The molecular formula is C20H21FN4O3S2. The maximum absolute atomic E-state index is 13.0. The van der Waals surface area contributed by atoms with E-state index in [0.29, 0.717) is 38.5 Å². The quantitative estimate of drug-likeness (QED) is 0.285. The maximum atomic E-state index is 13.0. The van der Waals surface area contributed by atoms with Gasteiger partial charge in [0.05, 0.1) is 23.6 Å². The lowest BCUT2D eigenvalue weighted by Crippen LogP contribution is -2.08. The average Bonchev–Trinajstić information content (AvgIpc) is 3.29. The number of carbonyl (C=O) groups is 2. The van der Waals surface area contributed by atoms with E-state index in [-0.39, 0.29) is 24.0 Å². The van der Waals surface area contributed by atoms with Gasteiger partial charge in [-0.05, 0) is 44.0 Å². The molecule has 3 aromatic rings. The Bertz CT molecular complexity index is 1050. The third-order valence-corrected chi connectivity index (χ3v) is 6.30. The van der Waals surface area contributed by atoms with Gasteiger partial charge in [-0.25, -0.2) is 9.18 Å². The Hall–Kier alpha value is -2.72. The van der Waals surface area contributed by atoms with Crippen molar-refractivity contribution in [3.63, 3.8) is 0 Å². The number of hydrogen-bond acceptors (Lipinski definition) is 8. The Morgan fingerprint density at radius 2 is 1.97 bits per heavy atom. The summed E-state index contributed by atoms with van der Waals surface area (Å²) in [6.07, 6.45) is 0. The molecule has 0 amide bonds. The van der Waals surface area contributed by atoms with Gasteiger partial charge in [-0.1, -0.05) is 35.2 Å². The molecular weight excluding hydrogens is 427 g/mol.